The third kappa shape index (κ3) is 4.93. The molecule has 4 nitrogen and oxygen atoms in total. The van der Waals surface area contributed by atoms with Crippen molar-refractivity contribution in [1.82, 2.24) is 0 Å². The van der Waals surface area contributed by atoms with Crippen molar-refractivity contribution in [2.45, 2.75) is 32.8 Å². The van der Waals surface area contributed by atoms with E-state index in [1.165, 1.54) is 0 Å². The molecular formula is C16H23NO3S. The van der Waals surface area contributed by atoms with Gasteiger partial charge in [0.05, 0.1) is 13.2 Å². The van der Waals surface area contributed by atoms with Crippen molar-refractivity contribution in [3.63, 3.8) is 0 Å². The van der Waals surface area contributed by atoms with Crippen molar-refractivity contribution in [1.29, 1.82) is 0 Å². The van der Waals surface area contributed by atoms with Gasteiger partial charge in [-0.2, -0.15) is 11.8 Å². The van der Waals surface area contributed by atoms with E-state index in [0.717, 1.165) is 30.0 Å². The summed E-state index contributed by atoms with van der Waals surface area (Å²) >= 11 is 1.97. The maximum atomic E-state index is 12.1. The van der Waals surface area contributed by atoms with Crippen molar-refractivity contribution in [2.24, 2.45) is 5.92 Å². The first-order valence-electron chi connectivity index (χ1n) is 7.47. The fraction of sp³-hybridized carbons (Fsp3) is 0.562. The Morgan fingerprint density at radius 3 is 2.86 bits per heavy atom. The van der Waals surface area contributed by atoms with Gasteiger partial charge in [0, 0.05) is 17.7 Å². The number of aliphatic hydroxyl groups excluding tert-OH is 1. The molecule has 1 fully saturated rings. The maximum Gasteiger partial charge on any atom is 0.224 e. The lowest BCUT2D eigenvalue weighted by atomic mass is 9.98. The Morgan fingerprint density at radius 2 is 2.19 bits per heavy atom. The Hall–Kier alpha value is -1.20. The zero-order valence-electron chi connectivity index (χ0n) is 12.4. The number of thioether (sulfide) groups is 1. The lowest BCUT2D eigenvalue weighted by Gasteiger charge is -2.20. The number of anilines is 1. The number of amides is 1. The van der Waals surface area contributed by atoms with E-state index >= 15 is 0 Å². The minimum Gasteiger partial charge on any atom is -0.494 e. The molecule has 0 bridgehead atoms. The highest BCUT2D eigenvalue weighted by Gasteiger charge is 2.17. The second-order valence-corrected chi connectivity index (χ2v) is 6.45. The van der Waals surface area contributed by atoms with Crippen LogP contribution in [-0.2, 0) is 11.4 Å². The molecule has 1 aliphatic rings. The zero-order chi connectivity index (χ0) is 15.1. The number of aliphatic hydroxyl groups is 1. The molecule has 0 radical (unpaired) electrons. The van der Waals surface area contributed by atoms with Gasteiger partial charge in [0.25, 0.3) is 0 Å². The zero-order valence-corrected chi connectivity index (χ0v) is 13.2. The maximum absolute atomic E-state index is 12.1. The van der Waals surface area contributed by atoms with Crippen LogP contribution in [0.5, 0.6) is 5.75 Å². The molecule has 0 saturated carbocycles. The van der Waals surface area contributed by atoms with E-state index in [1.54, 1.807) is 12.1 Å². The van der Waals surface area contributed by atoms with Gasteiger partial charge in [-0.15, -0.1) is 0 Å². The summed E-state index contributed by atoms with van der Waals surface area (Å²) in [4.78, 5) is 12.1. The molecule has 1 aliphatic heterocycles. The molecule has 0 atom stereocenters. The standard InChI is InChI=1S/C16H23NO3S/c1-2-20-15-4-3-14(10-13(15)11-18)17-16(19)9-12-5-7-21-8-6-12/h3-4,10,12,18H,2,5-9,11H2,1H3,(H,17,19). The molecule has 1 amide bonds. The van der Waals surface area contributed by atoms with Crippen molar-refractivity contribution in [3.05, 3.63) is 23.8 Å². The lowest BCUT2D eigenvalue weighted by Crippen LogP contribution is -2.19. The van der Waals surface area contributed by atoms with Crippen LogP contribution in [0, 0.1) is 5.92 Å². The first kappa shape index (κ1) is 16.2. The van der Waals surface area contributed by atoms with Crippen LogP contribution in [0.1, 0.15) is 31.7 Å². The molecular weight excluding hydrogens is 286 g/mol. The number of benzene rings is 1. The van der Waals surface area contributed by atoms with Crippen LogP contribution in [0.4, 0.5) is 5.69 Å². The van der Waals surface area contributed by atoms with Crippen molar-refractivity contribution in [2.75, 3.05) is 23.4 Å². The van der Waals surface area contributed by atoms with Gasteiger partial charge in [0.15, 0.2) is 0 Å². The summed E-state index contributed by atoms with van der Waals surface area (Å²) in [7, 11) is 0. The summed E-state index contributed by atoms with van der Waals surface area (Å²) in [6.45, 7) is 2.36. The van der Waals surface area contributed by atoms with Crippen LogP contribution < -0.4 is 10.1 Å². The quantitative estimate of drug-likeness (QED) is 0.848. The van der Waals surface area contributed by atoms with E-state index < -0.39 is 0 Å². The Balaban J connectivity index is 1.93. The fourth-order valence-electron chi connectivity index (χ4n) is 2.50. The first-order chi connectivity index (χ1) is 10.2. The second kappa shape index (κ2) is 8.29. The Labute approximate surface area is 130 Å². The molecule has 0 spiro atoms. The Bertz CT molecular complexity index is 473. The number of ether oxygens (including phenoxy) is 1. The number of carbonyl (C=O) groups is 1. The highest BCUT2D eigenvalue weighted by Crippen LogP contribution is 2.26. The summed E-state index contributed by atoms with van der Waals surface area (Å²) in [5, 5.41) is 12.3. The molecule has 2 rings (SSSR count). The normalized spacial score (nSPS) is 15.7. The number of hydrogen-bond donors (Lipinski definition) is 2. The number of rotatable bonds is 6. The van der Waals surface area contributed by atoms with Gasteiger partial charge >= 0.3 is 0 Å². The number of hydrogen-bond acceptors (Lipinski definition) is 4. The third-order valence-electron chi connectivity index (χ3n) is 3.63. The summed E-state index contributed by atoms with van der Waals surface area (Å²) in [5.41, 5.74) is 1.42. The summed E-state index contributed by atoms with van der Waals surface area (Å²) < 4.78 is 5.43. The van der Waals surface area contributed by atoms with E-state index in [1.807, 2.05) is 24.8 Å². The van der Waals surface area contributed by atoms with Gasteiger partial charge in [-0.3, -0.25) is 4.79 Å². The smallest absolute Gasteiger partial charge is 0.224 e. The molecule has 0 aliphatic carbocycles. The lowest BCUT2D eigenvalue weighted by molar-refractivity contribution is -0.117. The summed E-state index contributed by atoms with van der Waals surface area (Å²) in [5.74, 6) is 3.55. The van der Waals surface area contributed by atoms with E-state index in [9.17, 15) is 9.90 Å². The average molecular weight is 309 g/mol. The largest absolute Gasteiger partial charge is 0.494 e. The molecule has 0 unspecified atom stereocenters. The van der Waals surface area contributed by atoms with E-state index in [0.29, 0.717) is 30.3 Å². The van der Waals surface area contributed by atoms with E-state index in [4.69, 9.17) is 4.74 Å². The topological polar surface area (TPSA) is 58.6 Å². The van der Waals surface area contributed by atoms with Gasteiger partial charge in [0.1, 0.15) is 5.75 Å². The Morgan fingerprint density at radius 1 is 1.43 bits per heavy atom. The Kier molecular flexibility index (Phi) is 6.39. The van der Waals surface area contributed by atoms with Crippen LogP contribution in [0.15, 0.2) is 18.2 Å². The van der Waals surface area contributed by atoms with E-state index in [-0.39, 0.29) is 12.5 Å². The predicted molar refractivity (Wildman–Crippen MR) is 86.8 cm³/mol. The van der Waals surface area contributed by atoms with Crippen LogP contribution in [0.2, 0.25) is 0 Å². The second-order valence-electron chi connectivity index (χ2n) is 5.22. The molecule has 1 aromatic carbocycles. The van der Waals surface area contributed by atoms with Gasteiger partial charge in [-0.1, -0.05) is 0 Å². The minimum absolute atomic E-state index is 0.0555. The van der Waals surface area contributed by atoms with Crippen LogP contribution in [0.25, 0.3) is 0 Å². The number of nitrogens with one attached hydrogen (secondary N) is 1. The molecule has 5 heteroatoms. The molecule has 1 aromatic rings. The molecule has 1 saturated heterocycles. The predicted octanol–water partition coefficient (Wildman–Crippen LogP) is 3.05. The fourth-order valence-corrected chi connectivity index (χ4v) is 3.71. The summed E-state index contributed by atoms with van der Waals surface area (Å²) in [6, 6.07) is 5.39. The monoisotopic (exact) mass is 309 g/mol. The first-order valence-corrected chi connectivity index (χ1v) is 8.62. The molecule has 116 valence electrons. The highest BCUT2D eigenvalue weighted by molar-refractivity contribution is 7.99. The van der Waals surface area contributed by atoms with Crippen molar-refractivity contribution >= 4 is 23.4 Å². The van der Waals surface area contributed by atoms with Gasteiger partial charge in [0.2, 0.25) is 5.91 Å². The van der Waals surface area contributed by atoms with Gasteiger partial charge in [-0.25, -0.2) is 0 Å². The molecule has 2 N–H and O–H groups in total. The van der Waals surface area contributed by atoms with Crippen molar-refractivity contribution in [3.8, 4) is 5.75 Å². The minimum atomic E-state index is -0.0983. The van der Waals surface area contributed by atoms with Crippen LogP contribution in [-0.4, -0.2) is 29.1 Å². The highest BCUT2D eigenvalue weighted by atomic mass is 32.2. The SMILES string of the molecule is CCOc1ccc(NC(=O)CC2CCSCC2)cc1CO. The molecule has 21 heavy (non-hydrogen) atoms. The molecule has 1 heterocycles. The summed E-state index contributed by atoms with van der Waals surface area (Å²) in [6.07, 6.45) is 2.84. The van der Waals surface area contributed by atoms with E-state index in [2.05, 4.69) is 5.32 Å². The molecule has 0 aromatic heterocycles. The average Bonchev–Trinajstić information content (AvgIpc) is 2.50. The van der Waals surface area contributed by atoms with Crippen LogP contribution >= 0.6 is 11.8 Å². The van der Waals surface area contributed by atoms with Gasteiger partial charge < -0.3 is 15.2 Å². The number of carbonyl (C=O) groups excluding carboxylic acids is 1. The third-order valence-corrected chi connectivity index (χ3v) is 4.68. The van der Waals surface area contributed by atoms with Crippen molar-refractivity contribution < 1.29 is 14.6 Å². The van der Waals surface area contributed by atoms with Crippen LogP contribution in [0.3, 0.4) is 0 Å². The van der Waals surface area contributed by atoms with Gasteiger partial charge in [-0.05, 0) is 55.4 Å².